The number of aromatic nitrogens is 1. The van der Waals surface area contributed by atoms with E-state index in [4.69, 9.17) is 4.74 Å². The molecule has 0 unspecified atom stereocenters. The first kappa shape index (κ1) is 13.4. The molecule has 0 saturated heterocycles. The van der Waals surface area contributed by atoms with Crippen LogP contribution in [0.4, 0.5) is 13.2 Å². The van der Waals surface area contributed by atoms with Crippen molar-refractivity contribution in [1.29, 1.82) is 0 Å². The number of carbonyl (C=O) groups excluding carboxylic acids is 1. The fourth-order valence-corrected chi connectivity index (χ4v) is 1.17. The third-order valence-corrected chi connectivity index (χ3v) is 1.91. The summed E-state index contributed by atoms with van der Waals surface area (Å²) in [6.45, 7) is -0.356. The van der Waals surface area contributed by atoms with Gasteiger partial charge in [0.1, 0.15) is 18.1 Å². The maximum Gasteiger partial charge on any atom is 0.433 e. The fraction of sp³-hybridized carbons (Fsp3) is 0.400. The highest BCUT2D eigenvalue weighted by atomic mass is 19.4. The van der Waals surface area contributed by atoms with Gasteiger partial charge in [-0.3, -0.25) is 4.79 Å². The van der Waals surface area contributed by atoms with Crippen molar-refractivity contribution < 1.29 is 27.4 Å². The molecule has 0 N–H and O–H groups in total. The molecule has 1 aromatic heterocycles. The van der Waals surface area contributed by atoms with E-state index in [2.05, 4.69) is 9.72 Å². The Morgan fingerprint density at radius 2 is 2.00 bits per heavy atom. The molecule has 4 nitrogen and oxygen atoms in total. The Balaban J connectivity index is 3.20. The van der Waals surface area contributed by atoms with Crippen LogP contribution in [0.2, 0.25) is 0 Å². The minimum Gasteiger partial charge on any atom is -0.494 e. The number of ether oxygens (including phenoxy) is 2. The van der Waals surface area contributed by atoms with Crippen LogP contribution < -0.4 is 4.74 Å². The molecule has 0 aliphatic carbocycles. The summed E-state index contributed by atoms with van der Waals surface area (Å²) in [5.41, 5.74) is -1.53. The van der Waals surface area contributed by atoms with Gasteiger partial charge in [0.25, 0.3) is 0 Å². The van der Waals surface area contributed by atoms with E-state index in [0.29, 0.717) is 0 Å². The van der Waals surface area contributed by atoms with Crippen LogP contribution in [0.25, 0.3) is 0 Å². The Kier molecular flexibility index (Phi) is 4.06. The van der Waals surface area contributed by atoms with Crippen LogP contribution >= 0.6 is 0 Å². The quantitative estimate of drug-likeness (QED) is 0.765. The average molecular weight is 249 g/mol. The first-order valence-electron chi connectivity index (χ1n) is 4.54. The highest BCUT2D eigenvalue weighted by Crippen LogP contribution is 2.30. The van der Waals surface area contributed by atoms with Gasteiger partial charge in [0.05, 0.1) is 7.11 Å². The lowest BCUT2D eigenvalue weighted by Crippen LogP contribution is -2.15. The lowest BCUT2D eigenvalue weighted by Gasteiger charge is -2.10. The van der Waals surface area contributed by atoms with Crippen molar-refractivity contribution in [2.75, 3.05) is 20.8 Å². The minimum atomic E-state index is -4.60. The number of methoxy groups -OCH3 is 2. The average Bonchev–Trinajstić information content (AvgIpc) is 2.27. The third kappa shape index (κ3) is 3.16. The SMILES string of the molecule is COCC(=O)c1nc(C(F)(F)F)ccc1OC. The number of pyridine rings is 1. The van der Waals surface area contributed by atoms with Crippen LogP contribution in [0, 0.1) is 0 Å². The molecule has 0 saturated carbocycles. The monoisotopic (exact) mass is 249 g/mol. The van der Waals surface area contributed by atoms with Gasteiger partial charge in [-0.25, -0.2) is 4.98 Å². The number of ketones is 1. The molecule has 0 amide bonds. The molecule has 1 aromatic rings. The predicted octanol–water partition coefficient (Wildman–Crippen LogP) is 1.94. The third-order valence-electron chi connectivity index (χ3n) is 1.91. The Morgan fingerprint density at radius 3 is 2.47 bits per heavy atom. The van der Waals surface area contributed by atoms with Gasteiger partial charge in [0.2, 0.25) is 5.78 Å². The van der Waals surface area contributed by atoms with Gasteiger partial charge in [0, 0.05) is 7.11 Å². The van der Waals surface area contributed by atoms with E-state index < -0.39 is 17.7 Å². The second kappa shape index (κ2) is 5.13. The van der Waals surface area contributed by atoms with Crippen LogP contribution in [0.3, 0.4) is 0 Å². The molecule has 7 heteroatoms. The minimum absolute atomic E-state index is 0.0138. The Labute approximate surface area is 95.4 Å². The van der Waals surface area contributed by atoms with Crippen molar-refractivity contribution in [3.8, 4) is 5.75 Å². The van der Waals surface area contributed by atoms with Crippen molar-refractivity contribution in [2.45, 2.75) is 6.18 Å². The summed E-state index contributed by atoms with van der Waals surface area (Å²) in [5, 5.41) is 0. The summed E-state index contributed by atoms with van der Waals surface area (Å²) in [4.78, 5) is 14.7. The van der Waals surface area contributed by atoms with Gasteiger partial charge in [-0.1, -0.05) is 0 Å². The fourth-order valence-electron chi connectivity index (χ4n) is 1.17. The van der Waals surface area contributed by atoms with Crippen molar-refractivity contribution in [3.63, 3.8) is 0 Å². The number of Topliss-reactive ketones (excluding diaryl/α,β-unsaturated/α-hetero) is 1. The number of nitrogens with zero attached hydrogens (tertiary/aromatic N) is 1. The summed E-state index contributed by atoms with van der Waals surface area (Å²) in [7, 11) is 2.51. The molecule has 1 rings (SSSR count). The van der Waals surface area contributed by atoms with E-state index >= 15 is 0 Å². The molecule has 1 heterocycles. The van der Waals surface area contributed by atoms with Crippen LogP contribution in [0.1, 0.15) is 16.2 Å². The molecule has 0 bridgehead atoms. The van der Waals surface area contributed by atoms with Crippen molar-refractivity contribution in [2.24, 2.45) is 0 Å². The Morgan fingerprint density at radius 1 is 1.35 bits per heavy atom. The first-order valence-corrected chi connectivity index (χ1v) is 4.54. The molecule has 0 radical (unpaired) electrons. The van der Waals surface area contributed by atoms with E-state index in [1.54, 1.807) is 0 Å². The van der Waals surface area contributed by atoms with E-state index in [1.165, 1.54) is 14.2 Å². The lowest BCUT2D eigenvalue weighted by atomic mass is 10.2. The lowest BCUT2D eigenvalue weighted by molar-refractivity contribution is -0.141. The number of alkyl halides is 3. The van der Waals surface area contributed by atoms with E-state index in [-0.39, 0.29) is 18.1 Å². The molecular weight excluding hydrogens is 239 g/mol. The highest BCUT2D eigenvalue weighted by Gasteiger charge is 2.33. The van der Waals surface area contributed by atoms with Gasteiger partial charge in [0.15, 0.2) is 5.69 Å². The number of rotatable bonds is 4. The van der Waals surface area contributed by atoms with E-state index in [0.717, 1.165) is 12.1 Å². The molecule has 0 aliphatic heterocycles. The smallest absolute Gasteiger partial charge is 0.433 e. The maximum absolute atomic E-state index is 12.4. The first-order chi connectivity index (χ1) is 7.90. The highest BCUT2D eigenvalue weighted by molar-refractivity contribution is 5.97. The number of carbonyl (C=O) groups is 1. The topological polar surface area (TPSA) is 48.4 Å². The van der Waals surface area contributed by atoms with Gasteiger partial charge in [-0.2, -0.15) is 13.2 Å². The van der Waals surface area contributed by atoms with Crippen LogP contribution in [0.15, 0.2) is 12.1 Å². The summed E-state index contributed by atoms with van der Waals surface area (Å²) in [6, 6.07) is 1.81. The maximum atomic E-state index is 12.4. The van der Waals surface area contributed by atoms with E-state index in [1.807, 2.05) is 0 Å². The van der Waals surface area contributed by atoms with Gasteiger partial charge in [-0.15, -0.1) is 0 Å². The van der Waals surface area contributed by atoms with Crippen LogP contribution in [0.5, 0.6) is 5.75 Å². The molecule has 0 fully saturated rings. The van der Waals surface area contributed by atoms with E-state index in [9.17, 15) is 18.0 Å². The number of hydrogen-bond donors (Lipinski definition) is 0. The zero-order valence-corrected chi connectivity index (χ0v) is 9.17. The zero-order valence-electron chi connectivity index (χ0n) is 9.17. The van der Waals surface area contributed by atoms with Gasteiger partial charge >= 0.3 is 6.18 Å². The Hall–Kier alpha value is -1.63. The number of hydrogen-bond acceptors (Lipinski definition) is 4. The summed E-state index contributed by atoms with van der Waals surface area (Å²) in [5.74, 6) is -0.685. The predicted molar refractivity (Wildman–Crippen MR) is 52.0 cm³/mol. The van der Waals surface area contributed by atoms with Gasteiger partial charge in [-0.05, 0) is 12.1 Å². The molecular formula is C10H10F3NO3. The zero-order chi connectivity index (χ0) is 13.1. The molecule has 17 heavy (non-hydrogen) atoms. The standard InChI is InChI=1S/C10H10F3NO3/c1-16-5-6(15)9-7(17-2)3-4-8(14-9)10(11,12)13/h3-4H,5H2,1-2H3. The Bertz CT molecular complexity index is 418. The number of halogens is 3. The van der Waals surface area contributed by atoms with Crippen LogP contribution in [-0.2, 0) is 10.9 Å². The normalized spacial score (nSPS) is 11.4. The van der Waals surface area contributed by atoms with Crippen molar-refractivity contribution in [1.82, 2.24) is 4.98 Å². The summed E-state index contributed by atoms with van der Waals surface area (Å²) in [6.07, 6.45) is -4.60. The van der Waals surface area contributed by atoms with Crippen LogP contribution in [-0.4, -0.2) is 31.6 Å². The van der Waals surface area contributed by atoms with Gasteiger partial charge < -0.3 is 9.47 Å². The molecule has 0 aliphatic rings. The molecule has 94 valence electrons. The van der Waals surface area contributed by atoms with Crippen molar-refractivity contribution in [3.05, 3.63) is 23.5 Å². The molecule has 0 spiro atoms. The molecule has 0 aromatic carbocycles. The summed E-state index contributed by atoms with van der Waals surface area (Å²) >= 11 is 0. The second-order valence-electron chi connectivity index (χ2n) is 3.10. The largest absolute Gasteiger partial charge is 0.494 e. The summed E-state index contributed by atoms with van der Waals surface area (Å²) < 4.78 is 46.6. The van der Waals surface area contributed by atoms with Crippen molar-refractivity contribution >= 4 is 5.78 Å². The molecule has 0 atom stereocenters. The second-order valence-corrected chi connectivity index (χ2v) is 3.10.